The quantitative estimate of drug-likeness (QED) is 0.643. The van der Waals surface area contributed by atoms with E-state index in [1.54, 1.807) is 30.3 Å². The number of halogens is 2. The third-order valence-corrected chi connectivity index (χ3v) is 4.19. The Bertz CT molecular complexity index is 753. The van der Waals surface area contributed by atoms with E-state index < -0.39 is 0 Å². The minimum atomic E-state index is -0.362. The van der Waals surface area contributed by atoms with E-state index >= 15 is 0 Å². The molecular formula is C19H21Cl2NO4. The summed E-state index contributed by atoms with van der Waals surface area (Å²) in [6, 6.07) is 8.26. The molecule has 2 rings (SSSR count). The average molecular weight is 398 g/mol. The van der Waals surface area contributed by atoms with Crippen LogP contribution in [0.4, 0.5) is 5.69 Å². The Kier molecular flexibility index (Phi) is 7.42. The molecule has 1 N–H and O–H groups in total. The normalized spacial score (nSPS) is 10.3. The molecule has 7 heteroatoms. The number of hydrogen-bond acceptors (Lipinski definition) is 4. The third-order valence-electron chi connectivity index (χ3n) is 3.37. The molecule has 0 aliphatic carbocycles. The van der Waals surface area contributed by atoms with Crippen LogP contribution in [0, 0.1) is 0 Å². The smallest absolute Gasteiger partial charge is 0.255 e. The average Bonchev–Trinajstić information content (AvgIpc) is 2.61. The minimum absolute atomic E-state index is 0.281. The van der Waals surface area contributed by atoms with Crippen LogP contribution in [0.1, 0.15) is 31.1 Å². The second-order valence-corrected chi connectivity index (χ2v) is 5.94. The predicted molar refractivity (Wildman–Crippen MR) is 104 cm³/mol. The lowest BCUT2D eigenvalue weighted by Crippen LogP contribution is -2.13. The molecule has 2 aromatic carbocycles. The zero-order chi connectivity index (χ0) is 19.1. The fraction of sp³-hybridized carbons (Fsp3) is 0.316. The van der Waals surface area contributed by atoms with Crippen LogP contribution < -0.4 is 19.5 Å². The van der Waals surface area contributed by atoms with Crippen LogP contribution in [0.15, 0.2) is 30.3 Å². The molecule has 0 atom stereocenters. The number of rotatable bonds is 8. The summed E-state index contributed by atoms with van der Waals surface area (Å²) in [6.07, 6.45) is 0. The van der Waals surface area contributed by atoms with E-state index in [-0.39, 0.29) is 10.9 Å². The van der Waals surface area contributed by atoms with Gasteiger partial charge in [0.1, 0.15) is 0 Å². The van der Waals surface area contributed by atoms with Crippen molar-refractivity contribution in [1.82, 2.24) is 0 Å². The molecule has 0 aliphatic rings. The Morgan fingerprint density at radius 3 is 2.08 bits per heavy atom. The number of anilines is 1. The topological polar surface area (TPSA) is 56.8 Å². The Labute approximate surface area is 163 Å². The lowest BCUT2D eigenvalue weighted by atomic mass is 10.1. The number of amides is 1. The second-order valence-electron chi connectivity index (χ2n) is 5.16. The molecule has 1 amide bonds. The highest BCUT2D eigenvalue weighted by molar-refractivity contribution is 6.44. The number of ether oxygens (including phenoxy) is 3. The van der Waals surface area contributed by atoms with Crippen LogP contribution in [-0.2, 0) is 0 Å². The molecule has 26 heavy (non-hydrogen) atoms. The van der Waals surface area contributed by atoms with Crippen molar-refractivity contribution in [3.63, 3.8) is 0 Å². The maximum absolute atomic E-state index is 12.7. The van der Waals surface area contributed by atoms with Crippen molar-refractivity contribution >= 4 is 34.8 Å². The van der Waals surface area contributed by atoms with E-state index in [0.717, 1.165) is 0 Å². The maximum atomic E-state index is 12.7. The van der Waals surface area contributed by atoms with Gasteiger partial charge in [-0.2, -0.15) is 0 Å². The molecule has 2 aromatic rings. The van der Waals surface area contributed by atoms with Crippen molar-refractivity contribution in [2.45, 2.75) is 20.8 Å². The van der Waals surface area contributed by atoms with Crippen molar-refractivity contribution in [3.8, 4) is 17.2 Å². The highest BCUT2D eigenvalue weighted by Crippen LogP contribution is 2.39. The summed E-state index contributed by atoms with van der Waals surface area (Å²) >= 11 is 12.1. The first-order valence-electron chi connectivity index (χ1n) is 8.33. The van der Waals surface area contributed by atoms with E-state index in [4.69, 9.17) is 37.4 Å². The van der Waals surface area contributed by atoms with Crippen molar-refractivity contribution in [1.29, 1.82) is 0 Å². The lowest BCUT2D eigenvalue weighted by Gasteiger charge is -2.17. The summed E-state index contributed by atoms with van der Waals surface area (Å²) in [5, 5.41) is 3.39. The molecule has 0 aliphatic heterocycles. The van der Waals surface area contributed by atoms with E-state index in [9.17, 15) is 4.79 Å². The van der Waals surface area contributed by atoms with E-state index in [0.29, 0.717) is 53.3 Å². The van der Waals surface area contributed by atoms with Gasteiger partial charge in [0.25, 0.3) is 5.91 Å². The zero-order valence-electron chi connectivity index (χ0n) is 14.9. The fourth-order valence-corrected chi connectivity index (χ4v) is 2.66. The highest BCUT2D eigenvalue weighted by Gasteiger charge is 2.19. The zero-order valence-corrected chi connectivity index (χ0v) is 16.4. The molecule has 0 aromatic heterocycles. The number of benzene rings is 2. The minimum Gasteiger partial charge on any atom is -0.490 e. The Hall–Kier alpha value is -2.11. The number of hydrogen-bond donors (Lipinski definition) is 1. The van der Waals surface area contributed by atoms with Gasteiger partial charge in [-0.15, -0.1) is 0 Å². The van der Waals surface area contributed by atoms with Gasteiger partial charge in [0.2, 0.25) is 5.75 Å². The Morgan fingerprint density at radius 1 is 0.962 bits per heavy atom. The first-order chi connectivity index (χ1) is 12.5. The van der Waals surface area contributed by atoms with Crippen LogP contribution >= 0.6 is 23.2 Å². The molecule has 0 heterocycles. The van der Waals surface area contributed by atoms with Crippen LogP contribution in [0.2, 0.25) is 10.0 Å². The molecule has 0 radical (unpaired) electrons. The summed E-state index contributed by atoms with van der Waals surface area (Å²) in [7, 11) is 0. The molecule has 0 unspecified atom stereocenters. The Morgan fingerprint density at radius 2 is 1.54 bits per heavy atom. The molecule has 0 saturated carbocycles. The summed E-state index contributed by atoms with van der Waals surface area (Å²) in [5.41, 5.74) is 0.783. The van der Waals surface area contributed by atoms with Crippen molar-refractivity contribution in [3.05, 3.63) is 45.9 Å². The molecule has 5 nitrogen and oxygen atoms in total. The van der Waals surface area contributed by atoms with Crippen LogP contribution in [-0.4, -0.2) is 25.7 Å². The molecule has 0 bridgehead atoms. The summed E-state index contributed by atoms with van der Waals surface area (Å²) in [6.45, 7) is 6.88. The maximum Gasteiger partial charge on any atom is 0.255 e. The van der Waals surface area contributed by atoms with Gasteiger partial charge >= 0.3 is 0 Å². The van der Waals surface area contributed by atoms with E-state index in [2.05, 4.69) is 5.32 Å². The standard InChI is InChI=1S/C19H21Cl2NO4/c1-4-24-15-10-12(11-16(25-5-2)18(15)26-6-3)19(23)22-14-9-7-8-13(20)17(14)21/h7-11H,4-6H2,1-3H3,(H,22,23). The fourth-order valence-electron chi connectivity index (χ4n) is 2.31. The van der Waals surface area contributed by atoms with Crippen molar-refractivity contribution < 1.29 is 19.0 Å². The van der Waals surface area contributed by atoms with Gasteiger partial charge in [0.05, 0.1) is 35.6 Å². The molecule has 0 saturated heterocycles. The molecule has 0 spiro atoms. The van der Waals surface area contributed by atoms with Gasteiger partial charge in [-0.25, -0.2) is 0 Å². The van der Waals surface area contributed by atoms with Gasteiger partial charge in [-0.05, 0) is 45.0 Å². The largest absolute Gasteiger partial charge is 0.490 e. The second kappa shape index (κ2) is 9.55. The monoisotopic (exact) mass is 397 g/mol. The van der Waals surface area contributed by atoms with E-state index in [1.807, 2.05) is 20.8 Å². The number of nitrogens with one attached hydrogen (secondary N) is 1. The molecule has 140 valence electrons. The highest BCUT2D eigenvalue weighted by atomic mass is 35.5. The van der Waals surface area contributed by atoms with Crippen molar-refractivity contribution in [2.24, 2.45) is 0 Å². The SMILES string of the molecule is CCOc1cc(C(=O)Nc2cccc(Cl)c2Cl)cc(OCC)c1OCC. The van der Waals surface area contributed by atoms with E-state index in [1.165, 1.54) is 0 Å². The van der Waals surface area contributed by atoms with Crippen LogP contribution in [0.3, 0.4) is 0 Å². The Balaban J connectivity index is 2.40. The van der Waals surface area contributed by atoms with Gasteiger partial charge < -0.3 is 19.5 Å². The van der Waals surface area contributed by atoms with Crippen LogP contribution in [0.5, 0.6) is 17.2 Å². The summed E-state index contributed by atoms with van der Waals surface area (Å²) in [5.74, 6) is 1.01. The van der Waals surface area contributed by atoms with Gasteiger partial charge in [0.15, 0.2) is 11.5 Å². The number of carbonyl (C=O) groups excluding carboxylic acids is 1. The predicted octanol–water partition coefficient (Wildman–Crippen LogP) is 5.44. The van der Waals surface area contributed by atoms with Gasteiger partial charge in [-0.3, -0.25) is 4.79 Å². The lowest BCUT2D eigenvalue weighted by molar-refractivity contribution is 0.102. The third kappa shape index (κ3) is 4.74. The first kappa shape index (κ1) is 20.2. The van der Waals surface area contributed by atoms with Crippen molar-refractivity contribution in [2.75, 3.05) is 25.1 Å². The summed E-state index contributed by atoms with van der Waals surface area (Å²) in [4.78, 5) is 12.7. The molecular weight excluding hydrogens is 377 g/mol. The van der Waals surface area contributed by atoms with Gasteiger partial charge in [-0.1, -0.05) is 29.3 Å². The van der Waals surface area contributed by atoms with Crippen LogP contribution in [0.25, 0.3) is 0 Å². The van der Waals surface area contributed by atoms with Gasteiger partial charge in [0, 0.05) is 5.56 Å². The molecule has 0 fully saturated rings. The summed E-state index contributed by atoms with van der Waals surface area (Å²) < 4.78 is 16.9. The number of carbonyl (C=O) groups is 1. The first-order valence-corrected chi connectivity index (χ1v) is 9.09.